The number of amides is 1. The molecule has 1 aromatic carbocycles. The highest BCUT2D eigenvalue weighted by molar-refractivity contribution is 5.86. The first-order valence-corrected chi connectivity index (χ1v) is 8.37. The second kappa shape index (κ2) is 10.8. The molecule has 28 heavy (non-hydrogen) atoms. The molecule has 0 aliphatic rings. The highest BCUT2D eigenvalue weighted by Gasteiger charge is 2.12. The zero-order chi connectivity index (χ0) is 20.4. The number of ether oxygens (including phenoxy) is 2. The van der Waals surface area contributed by atoms with Gasteiger partial charge in [-0.3, -0.25) is 9.79 Å². The molecule has 2 rings (SSSR count). The van der Waals surface area contributed by atoms with Gasteiger partial charge in [-0.2, -0.15) is 8.78 Å². The molecule has 10 heteroatoms. The lowest BCUT2D eigenvalue weighted by molar-refractivity contribution is -0.120. The molecule has 0 saturated carbocycles. The first-order valence-electron chi connectivity index (χ1n) is 8.37. The van der Waals surface area contributed by atoms with Crippen molar-refractivity contribution in [2.24, 2.45) is 4.99 Å². The van der Waals surface area contributed by atoms with Crippen LogP contribution in [-0.4, -0.2) is 39.2 Å². The first kappa shape index (κ1) is 21.0. The Balaban J connectivity index is 1.86. The zero-order valence-electron chi connectivity index (χ0n) is 15.5. The number of nitrogens with zero attached hydrogens (tertiary/aromatic N) is 1. The second-order valence-corrected chi connectivity index (χ2v) is 5.49. The molecular weight excluding hydrogens is 374 g/mol. The number of alkyl halides is 2. The van der Waals surface area contributed by atoms with Crippen molar-refractivity contribution in [3.63, 3.8) is 0 Å². The van der Waals surface area contributed by atoms with Gasteiger partial charge in [0, 0.05) is 19.2 Å². The summed E-state index contributed by atoms with van der Waals surface area (Å²) in [6.07, 6.45) is 1.52. The Morgan fingerprint density at radius 3 is 2.68 bits per heavy atom. The van der Waals surface area contributed by atoms with E-state index >= 15 is 0 Å². The Morgan fingerprint density at radius 1 is 1.21 bits per heavy atom. The van der Waals surface area contributed by atoms with Gasteiger partial charge in [-0.15, -0.1) is 0 Å². The van der Waals surface area contributed by atoms with Gasteiger partial charge in [-0.1, -0.05) is 0 Å². The number of carbonyl (C=O) groups is 1. The maximum absolute atomic E-state index is 12.6. The molecule has 152 valence electrons. The van der Waals surface area contributed by atoms with Crippen molar-refractivity contribution < 1.29 is 27.5 Å². The Kier molecular flexibility index (Phi) is 8.07. The van der Waals surface area contributed by atoms with Crippen LogP contribution >= 0.6 is 0 Å². The van der Waals surface area contributed by atoms with Gasteiger partial charge in [-0.05, 0) is 30.3 Å². The fraction of sp³-hybridized carbons (Fsp3) is 0.333. The van der Waals surface area contributed by atoms with E-state index in [4.69, 9.17) is 9.15 Å². The van der Waals surface area contributed by atoms with Crippen molar-refractivity contribution in [1.82, 2.24) is 16.0 Å². The Morgan fingerprint density at radius 2 is 2.04 bits per heavy atom. The van der Waals surface area contributed by atoms with Crippen LogP contribution in [0.3, 0.4) is 0 Å². The Bertz CT molecular complexity index is 782. The molecule has 1 aromatic heterocycles. The van der Waals surface area contributed by atoms with Crippen LogP contribution in [0.5, 0.6) is 11.5 Å². The minimum Gasteiger partial charge on any atom is -0.497 e. The number of rotatable bonds is 9. The smallest absolute Gasteiger partial charge is 0.387 e. The van der Waals surface area contributed by atoms with E-state index < -0.39 is 6.61 Å². The van der Waals surface area contributed by atoms with Gasteiger partial charge in [0.15, 0.2) is 5.96 Å². The summed E-state index contributed by atoms with van der Waals surface area (Å²) in [5.41, 5.74) is 0.449. The van der Waals surface area contributed by atoms with Crippen molar-refractivity contribution in [1.29, 1.82) is 0 Å². The molecule has 0 unspecified atom stereocenters. The summed E-state index contributed by atoms with van der Waals surface area (Å²) in [4.78, 5) is 15.9. The van der Waals surface area contributed by atoms with Crippen LogP contribution in [0.15, 0.2) is 46.0 Å². The number of halogens is 2. The molecule has 0 spiro atoms. The molecule has 2 aromatic rings. The summed E-state index contributed by atoms with van der Waals surface area (Å²) in [6.45, 7) is -2.56. The average molecular weight is 396 g/mol. The van der Waals surface area contributed by atoms with Crippen LogP contribution in [0.25, 0.3) is 0 Å². The molecule has 0 atom stereocenters. The predicted octanol–water partition coefficient (Wildman–Crippen LogP) is 1.87. The van der Waals surface area contributed by atoms with E-state index in [1.165, 1.54) is 32.6 Å². The second-order valence-electron chi connectivity index (χ2n) is 5.49. The van der Waals surface area contributed by atoms with Crippen LogP contribution in [0.2, 0.25) is 0 Å². The summed E-state index contributed by atoms with van der Waals surface area (Å²) >= 11 is 0. The molecular formula is C18H22F2N4O4. The van der Waals surface area contributed by atoms with Crippen LogP contribution in [0, 0.1) is 0 Å². The van der Waals surface area contributed by atoms with E-state index in [1.807, 2.05) is 0 Å². The number of benzene rings is 1. The fourth-order valence-corrected chi connectivity index (χ4v) is 2.26. The summed E-state index contributed by atoms with van der Waals surface area (Å²) in [5.74, 6) is 1.22. The molecule has 0 aliphatic heterocycles. The summed E-state index contributed by atoms with van der Waals surface area (Å²) < 4.78 is 39.9. The van der Waals surface area contributed by atoms with Crippen molar-refractivity contribution in [3.05, 3.63) is 47.9 Å². The molecule has 0 bridgehead atoms. The van der Waals surface area contributed by atoms with Gasteiger partial charge in [-0.25, -0.2) is 0 Å². The predicted molar refractivity (Wildman–Crippen MR) is 98.4 cm³/mol. The van der Waals surface area contributed by atoms with E-state index in [-0.39, 0.29) is 31.3 Å². The zero-order valence-corrected chi connectivity index (χ0v) is 15.5. The third kappa shape index (κ3) is 6.78. The van der Waals surface area contributed by atoms with Gasteiger partial charge in [0.25, 0.3) is 0 Å². The van der Waals surface area contributed by atoms with E-state index in [2.05, 4.69) is 25.7 Å². The molecule has 0 radical (unpaired) electrons. The van der Waals surface area contributed by atoms with E-state index in [1.54, 1.807) is 18.2 Å². The van der Waals surface area contributed by atoms with Crippen molar-refractivity contribution in [2.75, 3.05) is 20.7 Å². The van der Waals surface area contributed by atoms with Crippen LogP contribution in [0.1, 0.15) is 11.3 Å². The monoisotopic (exact) mass is 396 g/mol. The van der Waals surface area contributed by atoms with Crippen molar-refractivity contribution >= 4 is 11.9 Å². The first-order chi connectivity index (χ1) is 13.5. The number of methoxy groups -OCH3 is 1. The molecule has 8 nitrogen and oxygen atoms in total. The van der Waals surface area contributed by atoms with Gasteiger partial charge >= 0.3 is 6.61 Å². The number of hydrogen-bond donors (Lipinski definition) is 3. The molecule has 1 amide bonds. The summed E-state index contributed by atoms with van der Waals surface area (Å²) in [7, 11) is 3.00. The van der Waals surface area contributed by atoms with Gasteiger partial charge in [0.2, 0.25) is 5.91 Å². The SMILES string of the molecule is CN=C(NCC(=O)NCc1ccco1)NCc1cc(OC)ccc1OC(F)F. The standard InChI is InChI=1S/C18H22F2N4O4/c1-21-18(24-11-16(25)22-10-14-4-3-7-27-14)23-9-12-8-13(26-2)5-6-15(12)28-17(19)20/h3-8,17H,9-11H2,1-2H3,(H,22,25)(H2,21,23,24). The maximum Gasteiger partial charge on any atom is 0.387 e. The highest BCUT2D eigenvalue weighted by atomic mass is 19.3. The summed E-state index contributed by atoms with van der Waals surface area (Å²) in [5, 5.41) is 8.46. The minimum atomic E-state index is -2.94. The lowest BCUT2D eigenvalue weighted by Gasteiger charge is -2.15. The van der Waals surface area contributed by atoms with Crippen molar-refractivity contribution in [3.8, 4) is 11.5 Å². The van der Waals surface area contributed by atoms with Crippen molar-refractivity contribution in [2.45, 2.75) is 19.7 Å². The number of nitrogens with one attached hydrogen (secondary N) is 3. The topological polar surface area (TPSA) is 97.1 Å². The summed E-state index contributed by atoms with van der Waals surface area (Å²) in [6, 6.07) is 7.99. The Hall–Kier alpha value is -3.30. The lowest BCUT2D eigenvalue weighted by atomic mass is 10.2. The number of carbonyl (C=O) groups excluding carboxylic acids is 1. The van der Waals surface area contributed by atoms with Gasteiger partial charge in [0.05, 0.1) is 26.5 Å². The number of aliphatic imine (C=N–C) groups is 1. The van der Waals surface area contributed by atoms with E-state index in [9.17, 15) is 13.6 Å². The van der Waals surface area contributed by atoms with Gasteiger partial charge in [0.1, 0.15) is 17.3 Å². The van der Waals surface area contributed by atoms with Gasteiger partial charge < -0.3 is 29.8 Å². The largest absolute Gasteiger partial charge is 0.497 e. The normalized spacial score (nSPS) is 11.2. The van der Waals surface area contributed by atoms with Crippen LogP contribution < -0.4 is 25.4 Å². The molecule has 1 heterocycles. The van der Waals surface area contributed by atoms with Crippen LogP contribution in [-0.2, 0) is 17.9 Å². The number of hydrogen-bond acceptors (Lipinski definition) is 5. The third-order valence-corrected chi connectivity index (χ3v) is 3.61. The van der Waals surface area contributed by atoms with Crippen LogP contribution in [0.4, 0.5) is 8.78 Å². The molecule has 0 aliphatic carbocycles. The van der Waals surface area contributed by atoms with E-state index in [0.29, 0.717) is 23.0 Å². The fourth-order valence-electron chi connectivity index (χ4n) is 2.26. The average Bonchev–Trinajstić information content (AvgIpc) is 3.20. The Labute approximate surface area is 160 Å². The third-order valence-electron chi connectivity index (χ3n) is 3.61. The lowest BCUT2D eigenvalue weighted by Crippen LogP contribution is -2.42. The quantitative estimate of drug-likeness (QED) is 0.442. The number of furan rings is 1. The van der Waals surface area contributed by atoms with E-state index in [0.717, 1.165) is 0 Å². The number of guanidine groups is 1. The minimum absolute atomic E-state index is 0.0231. The molecule has 0 saturated heterocycles. The molecule has 0 fully saturated rings. The highest BCUT2D eigenvalue weighted by Crippen LogP contribution is 2.25. The molecule has 3 N–H and O–H groups in total. The maximum atomic E-state index is 12.6.